The van der Waals surface area contributed by atoms with Gasteiger partial charge in [-0.15, -0.1) is 0 Å². The summed E-state index contributed by atoms with van der Waals surface area (Å²) in [4.78, 5) is 12.5. The molecule has 1 aromatic carbocycles. The van der Waals surface area contributed by atoms with Gasteiger partial charge in [0.15, 0.2) is 5.78 Å². The van der Waals surface area contributed by atoms with E-state index in [-0.39, 0.29) is 5.92 Å². The number of carbonyl (C=O) groups is 1. The van der Waals surface area contributed by atoms with Crippen molar-refractivity contribution in [1.82, 2.24) is 0 Å². The van der Waals surface area contributed by atoms with Crippen molar-refractivity contribution in [2.75, 3.05) is 0 Å². The van der Waals surface area contributed by atoms with Crippen LogP contribution in [0.2, 0.25) is 0 Å². The molecule has 3 rings (SSSR count). The van der Waals surface area contributed by atoms with Gasteiger partial charge >= 0.3 is 0 Å². The van der Waals surface area contributed by atoms with Gasteiger partial charge in [-0.05, 0) is 68.7 Å². The van der Waals surface area contributed by atoms with Crippen molar-refractivity contribution in [3.63, 3.8) is 0 Å². The molecule has 20 heavy (non-hydrogen) atoms. The Morgan fingerprint density at radius 2 is 1.70 bits per heavy atom. The lowest BCUT2D eigenvalue weighted by Gasteiger charge is -2.26. The van der Waals surface area contributed by atoms with Crippen LogP contribution >= 0.6 is 0 Å². The van der Waals surface area contributed by atoms with Crippen molar-refractivity contribution in [2.24, 2.45) is 11.8 Å². The van der Waals surface area contributed by atoms with Crippen LogP contribution in [0.15, 0.2) is 24.3 Å². The fourth-order valence-corrected chi connectivity index (χ4v) is 3.14. The standard InChI is InChI=1S/C18H24O2/c1-2-13-3-5-14(6-4-13)18(19)15-7-9-16(10-8-15)20-17-11-12-17/h7-10,13-14,17H,2-6,11-12H2,1H3. The fraction of sp³-hybridized carbons (Fsp3) is 0.611. The predicted octanol–water partition coefficient (Wildman–Crippen LogP) is 4.63. The third-order valence-electron chi connectivity index (χ3n) is 4.76. The van der Waals surface area contributed by atoms with Crippen molar-refractivity contribution in [1.29, 1.82) is 0 Å². The SMILES string of the molecule is CCC1CCC(C(=O)c2ccc(OC3CC3)cc2)CC1. The maximum Gasteiger partial charge on any atom is 0.165 e. The van der Waals surface area contributed by atoms with E-state index in [4.69, 9.17) is 4.74 Å². The molecule has 2 saturated carbocycles. The van der Waals surface area contributed by atoms with E-state index in [0.29, 0.717) is 11.9 Å². The number of hydrogen-bond donors (Lipinski definition) is 0. The van der Waals surface area contributed by atoms with Gasteiger partial charge in [0.05, 0.1) is 6.10 Å². The molecule has 0 spiro atoms. The van der Waals surface area contributed by atoms with Crippen LogP contribution in [0.25, 0.3) is 0 Å². The monoisotopic (exact) mass is 272 g/mol. The summed E-state index contributed by atoms with van der Waals surface area (Å²) in [7, 11) is 0. The van der Waals surface area contributed by atoms with Gasteiger partial charge in [0.25, 0.3) is 0 Å². The summed E-state index contributed by atoms with van der Waals surface area (Å²) in [5.74, 6) is 2.32. The first-order chi connectivity index (χ1) is 9.76. The third-order valence-corrected chi connectivity index (χ3v) is 4.76. The Kier molecular flexibility index (Phi) is 4.09. The Labute approximate surface area is 121 Å². The zero-order valence-electron chi connectivity index (χ0n) is 12.3. The first-order valence-corrected chi connectivity index (χ1v) is 8.07. The quantitative estimate of drug-likeness (QED) is 0.731. The maximum atomic E-state index is 12.5. The highest BCUT2D eigenvalue weighted by molar-refractivity contribution is 5.98. The Morgan fingerprint density at radius 1 is 1.05 bits per heavy atom. The molecule has 2 fully saturated rings. The van der Waals surface area contributed by atoms with Gasteiger partial charge in [0.1, 0.15) is 5.75 Å². The number of rotatable bonds is 5. The molecule has 2 heteroatoms. The van der Waals surface area contributed by atoms with Crippen molar-refractivity contribution in [3.8, 4) is 5.75 Å². The summed E-state index contributed by atoms with van der Waals surface area (Å²) in [5.41, 5.74) is 0.855. The van der Waals surface area contributed by atoms with E-state index in [0.717, 1.165) is 30.1 Å². The second kappa shape index (κ2) is 5.99. The molecule has 0 atom stereocenters. The number of ether oxygens (including phenoxy) is 1. The normalized spacial score (nSPS) is 26.2. The highest BCUT2D eigenvalue weighted by atomic mass is 16.5. The second-order valence-corrected chi connectivity index (χ2v) is 6.33. The number of benzene rings is 1. The third kappa shape index (κ3) is 3.23. The lowest BCUT2D eigenvalue weighted by atomic mass is 9.78. The Hall–Kier alpha value is -1.31. The van der Waals surface area contributed by atoms with Crippen molar-refractivity contribution >= 4 is 5.78 Å². The summed E-state index contributed by atoms with van der Waals surface area (Å²) >= 11 is 0. The fourth-order valence-electron chi connectivity index (χ4n) is 3.14. The molecule has 0 unspecified atom stereocenters. The number of carbonyl (C=O) groups excluding carboxylic acids is 1. The average molecular weight is 272 g/mol. The predicted molar refractivity (Wildman–Crippen MR) is 80.2 cm³/mol. The Balaban J connectivity index is 1.58. The Morgan fingerprint density at radius 3 is 2.25 bits per heavy atom. The van der Waals surface area contributed by atoms with Gasteiger partial charge in [-0.3, -0.25) is 4.79 Å². The van der Waals surface area contributed by atoms with Crippen molar-refractivity contribution in [3.05, 3.63) is 29.8 Å². The highest BCUT2D eigenvalue weighted by Gasteiger charge is 2.26. The molecular weight excluding hydrogens is 248 g/mol. The molecule has 0 radical (unpaired) electrons. The first-order valence-electron chi connectivity index (χ1n) is 8.07. The number of Topliss-reactive ketones (excluding diaryl/α,β-unsaturated/α-hetero) is 1. The molecule has 2 aliphatic rings. The van der Waals surface area contributed by atoms with Crippen LogP contribution < -0.4 is 4.74 Å². The summed E-state index contributed by atoms with van der Waals surface area (Å²) in [6.45, 7) is 2.26. The minimum Gasteiger partial charge on any atom is -0.490 e. The second-order valence-electron chi connectivity index (χ2n) is 6.33. The molecule has 0 saturated heterocycles. The summed E-state index contributed by atoms with van der Waals surface area (Å²) in [6.07, 6.45) is 8.58. The van der Waals surface area contributed by atoms with Gasteiger partial charge in [0, 0.05) is 11.5 Å². The minimum absolute atomic E-state index is 0.244. The minimum atomic E-state index is 0.244. The zero-order chi connectivity index (χ0) is 13.9. The molecule has 2 aliphatic carbocycles. The van der Waals surface area contributed by atoms with E-state index in [1.807, 2.05) is 24.3 Å². The molecule has 108 valence electrons. The summed E-state index contributed by atoms with van der Waals surface area (Å²) in [6, 6.07) is 7.77. The van der Waals surface area contributed by atoms with Crippen molar-refractivity contribution < 1.29 is 9.53 Å². The van der Waals surface area contributed by atoms with E-state index < -0.39 is 0 Å². The summed E-state index contributed by atoms with van der Waals surface area (Å²) in [5, 5.41) is 0. The molecule has 1 aromatic rings. The van der Waals surface area contributed by atoms with Crippen LogP contribution in [-0.4, -0.2) is 11.9 Å². The zero-order valence-corrected chi connectivity index (χ0v) is 12.3. The molecule has 0 bridgehead atoms. The van der Waals surface area contributed by atoms with Crippen LogP contribution in [-0.2, 0) is 0 Å². The first kappa shape index (κ1) is 13.7. The lowest BCUT2D eigenvalue weighted by molar-refractivity contribution is 0.0871. The van der Waals surface area contributed by atoms with Gasteiger partial charge in [0.2, 0.25) is 0 Å². The van der Waals surface area contributed by atoms with E-state index >= 15 is 0 Å². The summed E-state index contributed by atoms with van der Waals surface area (Å²) < 4.78 is 5.72. The molecular formula is C18H24O2. The van der Waals surface area contributed by atoms with Crippen LogP contribution in [0.4, 0.5) is 0 Å². The lowest BCUT2D eigenvalue weighted by Crippen LogP contribution is -2.21. The van der Waals surface area contributed by atoms with E-state index in [1.54, 1.807) is 0 Å². The van der Waals surface area contributed by atoms with E-state index in [1.165, 1.54) is 32.1 Å². The van der Waals surface area contributed by atoms with Gasteiger partial charge < -0.3 is 4.74 Å². The Bertz CT molecular complexity index is 451. The maximum absolute atomic E-state index is 12.5. The highest BCUT2D eigenvalue weighted by Crippen LogP contribution is 2.33. The van der Waals surface area contributed by atoms with Crippen LogP contribution in [0.3, 0.4) is 0 Å². The van der Waals surface area contributed by atoms with Crippen LogP contribution in [0.5, 0.6) is 5.75 Å². The molecule has 0 heterocycles. The smallest absolute Gasteiger partial charge is 0.165 e. The van der Waals surface area contributed by atoms with E-state index in [2.05, 4.69) is 6.92 Å². The molecule has 2 nitrogen and oxygen atoms in total. The molecule has 0 amide bonds. The largest absolute Gasteiger partial charge is 0.490 e. The van der Waals surface area contributed by atoms with Crippen LogP contribution in [0, 0.1) is 11.8 Å². The van der Waals surface area contributed by atoms with Gasteiger partial charge in [-0.25, -0.2) is 0 Å². The van der Waals surface area contributed by atoms with E-state index in [9.17, 15) is 4.79 Å². The molecule has 0 N–H and O–H groups in total. The van der Waals surface area contributed by atoms with Gasteiger partial charge in [-0.2, -0.15) is 0 Å². The van der Waals surface area contributed by atoms with Gasteiger partial charge in [-0.1, -0.05) is 13.3 Å². The average Bonchev–Trinajstić information content (AvgIpc) is 3.31. The molecule has 0 aromatic heterocycles. The topological polar surface area (TPSA) is 26.3 Å². The molecule has 0 aliphatic heterocycles. The van der Waals surface area contributed by atoms with Crippen molar-refractivity contribution in [2.45, 2.75) is 58.0 Å². The number of ketones is 1. The van der Waals surface area contributed by atoms with Crippen LogP contribution in [0.1, 0.15) is 62.2 Å². The number of hydrogen-bond acceptors (Lipinski definition) is 2.